The topological polar surface area (TPSA) is 217 Å². The molecule has 2 rings (SSSR count). The van der Waals surface area contributed by atoms with Gasteiger partial charge < -0.3 is 25.7 Å². The fourth-order valence-electron chi connectivity index (χ4n) is 2.81. The summed E-state index contributed by atoms with van der Waals surface area (Å²) in [7, 11) is -4.62. The number of ether oxygens (including phenoxy) is 1. The molecule has 1 aliphatic heterocycles. The first-order valence-electron chi connectivity index (χ1n) is 11.3. The third-order valence-corrected chi connectivity index (χ3v) is 7.27. The molecule has 0 radical (unpaired) electrons. The lowest BCUT2D eigenvalue weighted by molar-refractivity contribution is -0.161. The molecule has 212 valence electrons. The Kier molecular flexibility index (Phi) is 9.11. The van der Waals surface area contributed by atoms with Gasteiger partial charge in [-0.15, -0.1) is 11.3 Å². The zero-order valence-corrected chi connectivity index (χ0v) is 23.5. The maximum absolute atomic E-state index is 13.0. The smallest absolute Gasteiger partial charge is 0.365 e. The van der Waals surface area contributed by atoms with E-state index in [1.807, 2.05) is 0 Å². The number of hydrogen-bond donors (Lipinski definition) is 3. The highest BCUT2D eigenvalue weighted by Crippen LogP contribution is 2.28. The number of esters is 1. The number of carboxylic acids is 1. The number of nitrogen functional groups attached to an aromatic ring is 1. The van der Waals surface area contributed by atoms with Crippen molar-refractivity contribution in [1.82, 2.24) is 14.6 Å². The number of aromatic nitrogens is 1. The predicted molar refractivity (Wildman–Crippen MR) is 134 cm³/mol. The minimum absolute atomic E-state index is 0.0473. The summed E-state index contributed by atoms with van der Waals surface area (Å²) in [6.45, 7) is 9.30. The minimum atomic E-state index is -4.62. The second-order valence-electron chi connectivity index (χ2n) is 9.80. The first kappa shape index (κ1) is 30.9. The number of carbonyl (C=O) groups is 4. The zero-order chi connectivity index (χ0) is 29.2. The molecule has 2 unspecified atom stereocenters. The number of amides is 2. The van der Waals surface area contributed by atoms with E-state index < -0.39 is 75.6 Å². The number of thiazole rings is 1. The maximum Gasteiger partial charge on any atom is 0.365 e. The van der Waals surface area contributed by atoms with E-state index in [1.165, 1.54) is 40.0 Å². The Bertz CT molecular complexity index is 1240. The van der Waals surface area contributed by atoms with Crippen molar-refractivity contribution in [3.63, 3.8) is 0 Å². The molecule has 17 heteroatoms. The monoisotopic (exact) mass is 577 g/mol. The van der Waals surface area contributed by atoms with Gasteiger partial charge in [0.1, 0.15) is 11.7 Å². The first-order chi connectivity index (χ1) is 17.3. The van der Waals surface area contributed by atoms with Crippen LogP contribution in [0.4, 0.5) is 5.13 Å². The summed E-state index contributed by atoms with van der Waals surface area (Å²) in [5.41, 5.74) is 1.96. The molecular formula is C21H31N5O10S2. The van der Waals surface area contributed by atoms with Crippen molar-refractivity contribution in [2.45, 2.75) is 72.3 Å². The number of nitrogens with two attached hydrogens (primary N) is 1. The molecule has 4 N–H and O–H groups in total. The molecule has 1 aromatic rings. The van der Waals surface area contributed by atoms with E-state index in [9.17, 15) is 32.7 Å². The molecule has 0 aromatic carbocycles. The van der Waals surface area contributed by atoms with Gasteiger partial charge in [-0.2, -0.15) is 8.42 Å². The summed E-state index contributed by atoms with van der Waals surface area (Å²) in [5, 5.41) is 16.6. The molecule has 0 bridgehead atoms. The Balaban J connectivity index is 2.15. The van der Waals surface area contributed by atoms with Gasteiger partial charge in [-0.3, -0.25) is 18.6 Å². The number of rotatable bonds is 12. The van der Waals surface area contributed by atoms with E-state index in [0.29, 0.717) is 4.31 Å². The number of carboxylic acid groups (broad SMARTS) is 1. The van der Waals surface area contributed by atoms with E-state index in [0.717, 1.165) is 11.3 Å². The number of anilines is 1. The molecule has 1 aliphatic rings. The average Bonchev–Trinajstić information content (AvgIpc) is 3.21. The summed E-state index contributed by atoms with van der Waals surface area (Å²) >= 11 is 0.976. The Morgan fingerprint density at radius 2 is 1.89 bits per heavy atom. The molecule has 1 aromatic heterocycles. The summed E-state index contributed by atoms with van der Waals surface area (Å²) in [6.07, 6.45) is -0.422. The average molecular weight is 578 g/mol. The van der Waals surface area contributed by atoms with E-state index in [2.05, 4.69) is 15.5 Å². The predicted octanol–water partition coefficient (Wildman–Crippen LogP) is 0.264. The van der Waals surface area contributed by atoms with Crippen LogP contribution < -0.4 is 11.1 Å². The van der Waals surface area contributed by atoms with Crippen molar-refractivity contribution in [3.8, 4) is 0 Å². The van der Waals surface area contributed by atoms with Crippen LogP contribution in [0, 0.1) is 5.41 Å². The Morgan fingerprint density at radius 1 is 1.29 bits per heavy atom. The van der Waals surface area contributed by atoms with Gasteiger partial charge in [-0.1, -0.05) is 5.16 Å². The molecule has 2 heterocycles. The van der Waals surface area contributed by atoms with Crippen molar-refractivity contribution in [2.24, 2.45) is 10.6 Å². The number of carbonyl (C=O) groups excluding carboxylic acids is 3. The van der Waals surface area contributed by atoms with Gasteiger partial charge in [-0.25, -0.2) is 14.1 Å². The molecule has 1 fully saturated rings. The molecule has 2 amide bonds. The van der Waals surface area contributed by atoms with Gasteiger partial charge >= 0.3 is 22.2 Å². The van der Waals surface area contributed by atoms with E-state index in [1.54, 1.807) is 13.8 Å². The summed E-state index contributed by atoms with van der Waals surface area (Å²) in [6, 6.07) is -2.37. The number of β-lactam (4-membered cyclic amide) rings is 1. The molecule has 38 heavy (non-hydrogen) atoms. The molecule has 2 atom stereocenters. The standard InChI is InChI=1S/C21H31N5O10S2/c1-10(2)35-18(31)20(4,5)9-34-38(32,33)26-11(3)13(16(26)28)24-15(27)14(12-8-37-19(22)23-12)25-36-21(6,7)17(29)30/h8,10-11,13H,9H2,1-7H3,(H2,22,23)(H,24,27)(H,29,30)/b25-14+. The Labute approximate surface area is 223 Å². The maximum atomic E-state index is 13.0. The van der Waals surface area contributed by atoms with Crippen molar-refractivity contribution in [1.29, 1.82) is 0 Å². The normalized spacial score (nSPS) is 18.7. The van der Waals surface area contributed by atoms with Crippen molar-refractivity contribution in [3.05, 3.63) is 11.1 Å². The van der Waals surface area contributed by atoms with Crippen LogP contribution in [0.1, 0.15) is 54.2 Å². The third kappa shape index (κ3) is 6.96. The quantitative estimate of drug-likeness (QED) is 0.132. The Morgan fingerprint density at radius 3 is 2.37 bits per heavy atom. The van der Waals surface area contributed by atoms with Crippen LogP contribution >= 0.6 is 11.3 Å². The zero-order valence-electron chi connectivity index (χ0n) is 21.9. The largest absolute Gasteiger partial charge is 0.478 e. The second kappa shape index (κ2) is 11.2. The third-order valence-electron chi connectivity index (χ3n) is 5.19. The SMILES string of the molecule is CC(C)OC(=O)C(C)(C)COS(=O)(=O)N1C(=O)C(NC(=O)/C(=N/OC(C)(C)C(=O)O)c2csc(N)n2)C1C. The molecule has 1 saturated heterocycles. The molecule has 0 aliphatic carbocycles. The summed E-state index contributed by atoms with van der Waals surface area (Å²) < 4.78 is 35.9. The summed E-state index contributed by atoms with van der Waals surface area (Å²) in [5.74, 6) is -4.03. The molecule has 0 spiro atoms. The highest BCUT2D eigenvalue weighted by Gasteiger charge is 2.53. The Hall–Kier alpha value is -3.31. The summed E-state index contributed by atoms with van der Waals surface area (Å²) in [4.78, 5) is 58.1. The van der Waals surface area contributed by atoms with Crippen molar-refractivity contribution < 1.29 is 46.5 Å². The van der Waals surface area contributed by atoms with Crippen LogP contribution in [-0.2, 0) is 43.2 Å². The van der Waals surface area contributed by atoms with Crippen LogP contribution in [0.5, 0.6) is 0 Å². The van der Waals surface area contributed by atoms with Gasteiger partial charge in [0.15, 0.2) is 10.8 Å². The number of hydrogen-bond acceptors (Lipinski definition) is 13. The van der Waals surface area contributed by atoms with Crippen molar-refractivity contribution in [2.75, 3.05) is 12.3 Å². The second-order valence-corrected chi connectivity index (χ2v) is 12.2. The highest BCUT2D eigenvalue weighted by molar-refractivity contribution is 7.85. The first-order valence-corrected chi connectivity index (χ1v) is 13.5. The lowest BCUT2D eigenvalue weighted by atomic mass is 9.95. The van der Waals surface area contributed by atoms with Gasteiger partial charge in [0.2, 0.25) is 5.60 Å². The fraction of sp³-hybridized carbons (Fsp3) is 0.619. The lowest BCUT2D eigenvalue weighted by Gasteiger charge is -2.43. The van der Waals surface area contributed by atoms with Crippen LogP contribution in [0.15, 0.2) is 10.5 Å². The van der Waals surface area contributed by atoms with E-state index >= 15 is 0 Å². The van der Waals surface area contributed by atoms with Crippen LogP contribution in [-0.4, -0.2) is 82.7 Å². The van der Waals surface area contributed by atoms with Crippen LogP contribution in [0.2, 0.25) is 0 Å². The number of oxime groups is 1. The molecular weight excluding hydrogens is 546 g/mol. The number of nitrogens with zero attached hydrogens (tertiary/aromatic N) is 3. The number of nitrogens with one attached hydrogen (secondary N) is 1. The van der Waals surface area contributed by atoms with E-state index in [4.69, 9.17) is 19.5 Å². The molecule has 0 saturated carbocycles. The molecule has 15 nitrogen and oxygen atoms in total. The van der Waals surface area contributed by atoms with Crippen molar-refractivity contribution >= 4 is 56.2 Å². The van der Waals surface area contributed by atoms with Crippen LogP contribution in [0.3, 0.4) is 0 Å². The van der Waals surface area contributed by atoms with Gasteiger partial charge in [0, 0.05) is 5.38 Å². The fourth-order valence-corrected chi connectivity index (χ4v) is 4.78. The van der Waals surface area contributed by atoms with E-state index in [-0.39, 0.29) is 10.8 Å². The van der Waals surface area contributed by atoms with Gasteiger partial charge in [0.05, 0.1) is 24.2 Å². The van der Waals surface area contributed by atoms with Crippen LogP contribution in [0.25, 0.3) is 0 Å². The van der Waals surface area contributed by atoms with Gasteiger partial charge in [0.25, 0.3) is 11.8 Å². The lowest BCUT2D eigenvalue weighted by Crippen LogP contribution is -2.71. The minimum Gasteiger partial charge on any atom is -0.478 e. The van der Waals surface area contributed by atoms with Gasteiger partial charge in [-0.05, 0) is 48.5 Å². The highest BCUT2D eigenvalue weighted by atomic mass is 32.2. The number of aliphatic carboxylic acids is 1.